The average Bonchev–Trinajstić information content (AvgIpc) is 2.59. The monoisotopic (exact) mass is 312 g/mol. The van der Waals surface area contributed by atoms with Crippen LogP contribution in [0.4, 0.5) is 5.69 Å². The first-order valence-corrected chi connectivity index (χ1v) is 7.47. The van der Waals surface area contributed by atoms with E-state index in [1.165, 1.54) is 6.92 Å². The van der Waals surface area contributed by atoms with Gasteiger partial charge in [-0.1, -0.05) is 18.2 Å². The zero-order chi connectivity index (χ0) is 16.8. The molecule has 6 heteroatoms. The fourth-order valence-electron chi connectivity index (χ4n) is 2.46. The van der Waals surface area contributed by atoms with Crippen LogP contribution in [-0.2, 0) is 9.59 Å². The van der Waals surface area contributed by atoms with E-state index in [1.807, 2.05) is 36.4 Å². The lowest BCUT2D eigenvalue weighted by molar-refractivity contribution is -0.136. The van der Waals surface area contributed by atoms with Gasteiger partial charge >= 0.3 is 0 Å². The van der Waals surface area contributed by atoms with Crippen LogP contribution >= 0.6 is 0 Å². The summed E-state index contributed by atoms with van der Waals surface area (Å²) in [5.41, 5.74) is 0.988. The van der Waals surface area contributed by atoms with Crippen molar-refractivity contribution in [3.63, 3.8) is 0 Å². The second kappa shape index (κ2) is 7.45. The third kappa shape index (κ3) is 4.10. The Bertz CT molecular complexity index is 640. The summed E-state index contributed by atoms with van der Waals surface area (Å²) >= 11 is 0. The van der Waals surface area contributed by atoms with Crippen molar-refractivity contribution in [3.8, 4) is 6.07 Å². The predicted octanol–water partition coefficient (Wildman–Crippen LogP) is 1.22. The third-order valence-corrected chi connectivity index (χ3v) is 3.85. The number of carbonyl (C=O) groups is 2. The van der Waals surface area contributed by atoms with Crippen LogP contribution in [0.15, 0.2) is 42.1 Å². The minimum atomic E-state index is -0.293. The molecule has 0 aliphatic carbocycles. The Balaban J connectivity index is 2.06. The normalized spacial score (nSPS) is 15.1. The molecule has 1 fully saturated rings. The smallest absolute Gasteiger partial charge is 0.266 e. The van der Waals surface area contributed by atoms with Gasteiger partial charge < -0.3 is 14.7 Å². The summed E-state index contributed by atoms with van der Waals surface area (Å²) < 4.78 is 0. The second-order valence-electron chi connectivity index (χ2n) is 5.40. The van der Waals surface area contributed by atoms with Gasteiger partial charge in [-0.3, -0.25) is 9.59 Å². The SMILES string of the molecule is CC(=O)N1CCN(C(=O)/C(C#N)=C\N(C)c2ccccc2)CC1. The molecule has 23 heavy (non-hydrogen) atoms. The molecule has 0 unspecified atom stereocenters. The van der Waals surface area contributed by atoms with Crippen molar-refractivity contribution in [3.05, 3.63) is 42.1 Å². The second-order valence-corrected chi connectivity index (χ2v) is 5.40. The predicted molar refractivity (Wildman–Crippen MR) is 87.4 cm³/mol. The van der Waals surface area contributed by atoms with E-state index in [2.05, 4.69) is 0 Å². The van der Waals surface area contributed by atoms with Gasteiger partial charge in [-0.2, -0.15) is 5.26 Å². The molecule has 0 bridgehead atoms. The van der Waals surface area contributed by atoms with Crippen LogP contribution in [0.5, 0.6) is 0 Å². The number of nitrogens with zero attached hydrogens (tertiary/aromatic N) is 4. The number of hydrogen-bond donors (Lipinski definition) is 0. The number of carbonyl (C=O) groups excluding carboxylic acids is 2. The van der Waals surface area contributed by atoms with Gasteiger partial charge in [0.25, 0.3) is 5.91 Å². The van der Waals surface area contributed by atoms with Gasteiger partial charge in [0.1, 0.15) is 11.6 Å². The number of amides is 2. The summed E-state index contributed by atoms with van der Waals surface area (Å²) in [4.78, 5) is 28.9. The van der Waals surface area contributed by atoms with Crippen LogP contribution in [-0.4, -0.2) is 54.8 Å². The summed E-state index contributed by atoms with van der Waals surface area (Å²) in [6, 6.07) is 11.5. The molecule has 0 saturated carbocycles. The maximum atomic E-state index is 12.5. The van der Waals surface area contributed by atoms with Crippen molar-refractivity contribution in [2.24, 2.45) is 0 Å². The molecule has 0 N–H and O–H groups in total. The zero-order valence-electron chi connectivity index (χ0n) is 13.4. The highest BCUT2D eigenvalue weighted by Gasteiger charge is 2.24. The van der Waals surface area contributed by atoms with Crippen molar-refractivity contribution in [1.29, 1.82) is 5.26 Å². The first-order valence-electron chi connectivity index (χ1n) is 7.47. The van der Waals surface area contributed by atoms with Crippen molar-refractivity contribution >= 4 is 17.5 Å². The van der Waals surface area contributed by atoms with Gasteiger partial charge in [-0.05, 0) is 12.1 Å². The Hall–Kier alpha value is -2.81. The van der Waals surface area contributed by atoms with Gasteiger partial charge in [-0.25, -0.2) is 0 Å². The Kier molecular flexibility index (Phi) is 5.36. The van der Waals surface area contributed by atoms with Gasteiger partial charge in [0, 0.05) is 52.0 Å². The third-order valence-electron chi connectivity index (χ3n) is 3.85. The molecular formula is C17H20N4O2. The van der Waals surface area contributed by atoms with Gasteiger partial charge in [-0.15, -0.1) is 0 Å². The Morgan fingerprint density at radius 2 is 1.70 bits per heavy atom. The van der Waals surface area contributed by atoms with Crippen molar-refractivity contribution in [2.75, 3.05) is 38.1 Å². The van der Waals surface area contributed by atoms with Crippen LogP contribution in [0, 0.1) is 11.3 Å². The molecule has 1 saturated heterocycles. The minimum Gasteiger partial charge on any atom is -0.350 e. The number of benzene rings is 1. The van der Waals surface area contributed by atoms with Crippen molar-refractivity contribution < 1.29 is 9.59 Å². The zero-order valence-corrected chi connectivity index (χ0v) is 13.4. The quantitative estimate of drug-likeness (QED) is 0.622. The Morgan fingerprint density at radius 1 is 1.13 bits per heavy atom. The van der Waals surface area contributed by atoms with E-state index < -0.39 is 0 Å². The fraction of sp³-hybridized carbons (Fsp3) is 0.353. The molecular weight excluding hydrogens is 292 g/mol. The molecule has 0 atom stereocenters. The van der Waals surface area contributed by atoms with Crippen LogP contribution < -0.4 is 4.90 Å². The molecule has 0 spiro atoms. The lowest BCUT2D eigenvalue weighted by Gasteiger charge is -2.34. The molecule has 1 aliphatic rings. The van der Waals surface area contributed by atoms with E-state index in [0.29, 0.717) is 26.2 Å². The summed E-state index contributed by atoms with van der Waals surface area (Å²) in [5.74, 6) is -0.282. The first-order chi connectivity index (χ1) is 11.0. The highest BCUT2D eigenvalue weighted by Crippen LogP contribution is 2.14. The maximum Gasteiger partial charge on any atom is 0.266 e. The molecule has 120 valence electrons. The van der Waals surface area contributed by atoms with Crippen LogP contribution in [0.2, 0.25) is 0 Å². The van der Waals surface area contributed by atoms with Crippen molar-refractivity contribution in [2.45, 2.75) is 6.92 Å². The van der Waals surface area contributed by atoms with Gasteiger partial charge in [0.2, 0.25) is 5.91 Å². The summed E-state index contributed by atoms with van der Waals surface area (Å²) in [7, 11) is 1.80. The van der Waals surface area contributed by atoms with Crippen molar-refractivity contribution in [1.82, 2.24) is 9.80 Å². The molecule has 6 nitrogen and oxygen atoms in total. The summed E-state index contributed by atoms with van der Waals surface area (Å²) in [6.45, 7) is 3.44. The number of piperazine rings is 1. The molecule has 0 aromatic heterocycles. The van der Waals surface area contributed by atoms with E-state index in [0.717, 1.165) is 5.69 Å². The largest absolute Gasteiger partial charge is 0.350 e. The molecule has 2 amide bonds. The lowest BCUT2D eigenvalue weighted by Crippen LogP contribution is -2.50. The Labute approximate surface area is 136 Å². The number of anilines is 1. The number of para-hydroxylation sites is 1. The standard InChI is InChI=1S/C17H20N4O2/c1-14(22)20-8-10-21(11-9-20)17(23)15(12-18)13-19(2)16-6-4-3-5-7-16/h3-7,13H,8-11H2,1-2H3/b15-13-. The molecule has 1 aliphatic heterocycles. The van der Waals surface area contributed by atoms with Gasteiger partial charge in [0.15, 0.2) is 0 Å². The number of hydrogen-bond acceptors (Lipinski definition) is 4. The van der Waals surface area contributed by atoms with Gasteiger partial charge in [0.05, 0.1) is 0 Å². The highest BCUT2D eigenvalue weighted by atomic mass is 16.2. The molecule has 1 aromatic rings. The van der Waals surface area contributed by atoms with E-state index in [1.54, 1.807) is 27.9 Å². The summed E-state index contributed by atoms with van der Waals surface area (Å²) in [5, 5.41) is 9.31. The minimum absolute atomic E-state index is 0.0111. The van der Waals surface area contributed by atoms with E-state index in [9.17, 15) is 14.9 Å². The van der Waals surface area contributed by atoms with E-state index in [4.69, 9.17) is 0 Å². The molecule has 1 aromatic carbocycles. The lowest BCUT2D eigenvalue weighted by atomic mass is 10.2. The summed E-state index contributed by atoms with van der Waals surface area (Å²) in [6.07, 6.45) is 1.55. The first kappa shape index (κ1) is 16.6. The van der Waals surface area contributed by atoms with Crippen LogP contribution in [0.25, 0.3) is 0 Å². The fourth-order valence-corrected chi connectivity index (χ4v) is 2.46. The van der Waals surface area contributed by atoms with Crippen LogP contribution in [0.1, 0.15) is 6.92 Å². The molecule has 0 radical (unpaired) electrons. The molecule has 2 rings (SSSR count). The van der Waals surface area contributed by atoms with Crippen LogP contribution in [0.3, 0.4) is 0 Å². The number of nitriles is 1. The highest BCUT2D eigenvalue weighted by molar-refractivity contribution is 5.97. The number of rotatable bonds is 3. The Morgan fingerprint density at radius 3 is 2.22 bits per heavy atom. The topological polar surface area (TPSA) is 67.6 Å². The average molecular weight is 312 g/mol. The molecule has 1 heterocycles. The van der Waals surface area contributed by atoms with E-state index in [-0.39, 0.29) is 17.4 Å². The van der Waals surface area contributed by atoms with E-state index >= 15 is 0 Å². The maximum absolute atomic E-state index is 12.5.